The quantitative estimate of drug-likeness (QED) is 0.732. The molecule has 0 aromatic rings. The maximum absolute atomic E-state index is 13.0. The summed E-state index contributed by atoms with van der Waals surface area (Å²) in [5.41, 5.74) is -0.192. The molecule has 0 bridgehead atoms. The molecule has 2 unspecified atom stereocenters. The van der Waals surface area contributed by atoms with Crippen molar-refractivity contribution in [2.75, 3.05) is 6.54 Å². The van der Waals surface area contributed by atoms with E-state index in [0.717, 1.165) is 32.2 Å². The highest BCUT2D eigenvalue weighted by molar-refractivity contribution is 5.89. The molecule has 1 saturated carbocycles. The number of unbranched alkanes of at least 4 members (excludes halogenated alkanes) is 1. The van der Waals surface area contributed by atoms with Crippen LogP contribution in [-0.4, -0.2) is 29.1 Å². The van der Waals surface area contributed by atoms with Crippen molar-refractivity contribution in [1.29, 1.82) is 0 Å². The van der Waals surface area contributed by atoms with Gasteiger partial charge in [-0.3, -0.25) is 10.1 Å². The van der Waals surface area contributed by atoms with E-state index in [0.29, 0.717) is 11.8 Å². The Morgan fingerprint density at radius 1 is 1.24 bits per heavy atom. The van der Waals surface area contributed by atoms with Crippen LogP contribution in [0, 0.1) is 5.92 Å². The largest absolute Gasteiger partial charge is 0.325 e. The van der Waals surface area contributed by atoms with Crippen LogP contribution in [0.1, 0.15) is 85.0 Å². The highest BCUT2D eigenvalue weighted by Crippen LogP contribution is 2.37. The summed E-state index contributed by atoms with van der Waals surface area (Å²) in [5.74, 6) is 1.08. The molecule has 122 valence electrons. The standard InChI is InChI=1S/C18H34N2O/c1-4-7-11-15(6-3)14-20-16(10-5-2)19-18(17(20)21)12-8-9-13-18/h15-16,19H,4-14H2,1-3H3. The number of nitrogens with one attached hydrogen (secondary N) is 1. The summed E-state index contributed by atoms with van der Waals surface area (Å²) in [7, 11) is 0. The Balaban J connectivity index is 2.05. The van der Waals surface area contributed by atoms with Crippen LogP contribution >= 0.6 is 0 Å². The Bertz CT molecular complexity index is 336. The van der Waals surface area contributed by atoms with Crippen molar-refractivity contribution in [3.05, 3.63) is 0 Å². The first-order valence-corrected chi connectivity index (χ1v) is 9.25. The molecule has 2 aliphatic rings. The number of hydrogen-bond acceptors (Lipinski definition) is 2. The molecule has 0 aromatic carbocycles. The van der Waals surface area contributed by atoms with Crippen LogP contribution in [0.4, 0.5) is 0 Å². The van der Waals surface area contributed by atoms with Crippen molar-refractivity contribution in [3.63, 3.8) is 0 Å². The van der Waals surface area contributed by atoms with Crippen molar-refractivity contribution in [1.82, 2.24) is 10.2 Å². The second-order valence-electron chi connectivity index (χ2n) is 7.11. The van der Waals surface area contributed by atoms with E-state index >= 15 is 0 Å². The van der Waals surface area contributed by atoms with Crippen molar-refractivity contribution in [3.8, 4) is 0 Å². The first kappa shape index (κ1) is 16.8. The number of nitrogens with zero attached hydrogens (tertiary/aromatic N) is 1. The molecular formula is C18H34N2O. The fraction of sp³-hybridized carbons (Fsp3) is 0.944. The first-order valence-electron chi connectivity index (χ1n) is 9.25. The minimum Gasteiger partial charge on any atom is -0.325 e. The molecule has 2 fully saturated rings. The lowest BCUT2D eigenvalue weighted by atomic mass is 9.96. The number of amides is 1. The van der Waals surface area contributed by atoms with E-state index in [1.807, 2.05) is 0 Å². The Morgan fingerprint density at radius 2 is 1.95 bits per heavy atom. The van der Waals surface area contributed by atoms with Gasteiger partial charge in [0.05, 0.1) is 11.7 Å². The van der Waals surface area contributed by atoms with Gasteiger partial charge in [0.1, 0.15) is 0 Å². The summed E-state index contributed by atoms with van der Waals surface area (Å²) in [5, 5.41) is 3.73. The van der Waals surface area contributed by atoms with Crippen LogP contribution in [0.15, 0.2) is 0 Å². The Labute approximate surface area is 130 Å². The molecule has 3 nitrogen and oxygen atoms in total. The SMILES string of the molecule is CCCCC(CC)CN1C(=O)C2(CCCC2)NC1CCC. The van der Waals surface area contributed by atoms with Crippen molar-refractivity contribution in [2.24, 2.45) is 5.92 Å². The first-order chi connectivity index (χ1) is 10.2. The summed E-state index contributed by atoms with van der Waals surface area (Å²) < 4.78 is 0. The normalized spacial score (nSPS) is 26.0. The highest BCUT2D eigenvalue weighted by Gasteiger charge is 2.51. The molecule has 0 radical (unpaired) electrons. The third-order valence-corrected chi connectivity index (χ3v) is 5.51. The Morgan fingerprint density at radius 3 is 2.52 bits per heavy atom. The van der Waals surface area contributed by atoms with Crippen LogP contribution in [0.3, 0.4) is 0 Å². The number of hydrogen-bond donors (Lipinski definition) is 1. The summed E-state index contributed by atoms with van der Waals surface area (Å²) in [6, 6.07) is 0. The molecule has 1 saturated heterocycles. The second-order valence-corrected chi connectivity index (χ2v) is 7.11. The molecular weight excluding hydrogens is 260 g/mol. The third kappa shape index (κ3) is 3.61. The lowest BCUT2D eigenvalue weighted by molar-refractivity contribution is -0.133. The molecule has 0 aromatic heterocycles. The molecule has 2 atom stereocenters. The monoisotopic (exact) mass is 294 g/mol. The summed E-state index contributed by atoms with van der Waals surface area (Å²) in [4.78, 5) is 15.2. The zero-order chi connectivity index (χ0) is 15.3. The maximum atomic E-state index is 13.0. The van der Waals surface area contributed by atoms with Crippen LogP contribution in [0.5, 0.6) is 0 Å². The van der Waals surface area contributed by atoms with Gasteiger partial charge < -0.3 is 4.90 Å². The predicted molar refractivity (Wildman–Crippen MR) is 88.0 cm³/mol. The zero-order valence-electron chi connectivity index (χ0n) is 14.3. The molecule has 1 heterocycles. The smallest absolute Gasteiger partial charge is 0.244 e. The summed E-state index contributed by atoms with van der Waals surface area (Å²) in [6.45, 7) is 7.71. The van der Waals surface area contributed by atoms with Crippen molar-refractivity contribution < 1.29 is 4.79 Å². The fourth-order valence-corrected chi connectivity index (χ4v) is 4.12. The topological polar surface area (TPSA) is 32.3 Å². The Kier molecular flexibility index (Phi) is 6.09. The minimum atomic E-state index is -0.192. The average molecular weight is 294 g/mol. The van der Waals surface area contributed by atoms with E-state index in [2.05, 4.69) is 31.0 Å². The molecule has 1 aliphatic carbocycles. The van der Waals surface area contributed by atoms with Crippen LogP contribution in [0.2, 0.25) is 0 Å². The molecule has 1 N–H and O–H groups in total. The third-order valence-electron chi connectivity index (χ3n) is 5.51. The zero-order valence-corrected chi connectivity index (χ0v) is 14.3. The highest BCUT2D eigenvalue weighted by atomic mass is 16.2. The van der Waals surface area contributed by atoms with Gasteiger partial charge in [0, 0.05) is 6.54 Å². The van der Waals surface area contributed by atoms with Gasteiger partial charge >= 0.3 is 0 Å². The van der Waals surface area contributed by atoms with Gasteiger partial charge in [0.2, 0.25) is 5.91 Å². The number of carbonyl (C=O) groups is 1. The van der Waals surface area contributed by atoms with E-state index in [1.165, 1.54) is 38.5 Å². The fourth-order valence-electron chi connectivity index (χ4n) is 4.12. The molecule has 21 heavy (non-hydrogen) atoms. The van der Waals surface area contributed by atoms with Crippen LogP contribution in [0.25, 0.3) is 0 Å². The summed E-state index contributed by atoms with van der Waals surface area (Å²) >= 11 is 0. The van der Waals surface area contributed by atoms with Gasteiger partial charge in [-0.1, -0.05) is 59.3 Å². The van der Waals surface area contributed by atoms with Gasteiger partial charge in [-0.2, -0.15) is 0 Å². The lowest BCUT2D eigenvalue weighted by Gasteiger charge is -2.28. The molecule has 1 spiro atoms. The molecule has 1 amide bonds. The lowest BCUT2D eigenvalue weighted by Crippen LogP contribution is -2.44. The van der Waals surface area contributed by atoms with E-state index in [-0.39, 0.29) is 11.7 Å². The van der Waals surface area contributed by atoms with E-state index in [1.54, 1.807) is 0 Å². The number of rotatable bonds is 8. The van der Waals surface area contributed by atoms with Gasteiger partial charge in [-0.15, -0.1) is 0 Å². The van der Waals surface area contributed by atoms with Crippen molar-refractivity contribution >= 4 is 5.91 Å². The van der Waals surface area contributed by atoms with Gasteiger partial charge in [-0.05, 0) is 31.6 Å². The van der Waals surface area contributed by atoms with Crippen LogP contribution < -0.4 is 5.32 Å². The second kappa shape index (κ2) is 7.62. The van der Waals surface area contributed by atoms with Crippen LogP contribution in [-0.2, 0) is 4.79 Å². The maximum Gasteiger partial charge on any atom is 0.244 e. The van der Waals surface area contributed by atoms with E-state index in [4.69, 9.17) is 0 Å². The number of carbonyl (C=O) groups excluding carboxylic acids is 1. The van der Waals surface area contributed by atoms with E-state index in [9.17, 15) is 4.79 Å². The Hall–Kier alpha value is -0.570. The molecule has 1 aliphatic heterocycles. The van der Waals surface area contributed by atoms with Crippen molar-refractivity contribution in [2.45, 2.75) is 96.7 Å². The summed E-state index contributed by atoms with van der Waals surface area (Å²) in [6.07, 6.45) is 12.0. The minimum absolute atomic E-state index is 0.192. The van der Waals surface area contributed by atoms with Gasteiger partial charge in [0.15, 0.2) is 0 Å². The predicted octanol–water partition coefficient (Wildman–Crippen LogP) is 4.07. The average Bonchev–Trinajstić information content (AvgIpc) is 3.05. The molecule has 2 rings (SSSR count). The van der Waals surface area contributed by atoms with Gasteiger partial charge in [-0.25, -0.2) is 0 Å². The molecule has 3 heteroatoms. The van der Waals surface area contributed by atoms with E-state index < -0.39 is 0 Å². The van der Waals surface area contributed by atoms with Gasteiger partial charge in [0.25, 0.3) is 0 Å².